The van der Waals surface area contributed by atoms with Gasteiger partial charge in [-0.3, -0.25) is 0 Å². The quantitative estimate of drug-likeness (QED) is 0.319. The molecule has 1 heterocycles. The van der Waals surface area contributed by atoms with Gasteiger partial charge in [0.05, 0.1) is 12.2 Å². The molecule has 26 heavy (non-hydrogen) atoms. The van der Waals surface area contributed by atoms with Gasteiger partial charge in [0.1, 0.15) is 5.76 Å². The van der Waals surface area contributed by atoms with E-state index in [0.717, 1.165) is 61.9 Å². The molecule has 1 aromatic heterocycles. The van der Waals surface area contributed by atoms with Gasteiger partial charge in [0.25, 0.3) is 0 Å². The maximum absolute atomic E-state index is 5.43. The summed E-state index contributed by atoms with van der Waals surface area (Å²) in [5, 5.41) is 11.0. The van der Waals surface area contributed by atoms with Crippen molar-refractivity contribution >= 4 is 5.96 Å². The summed E-state index contributed by atoms with van der Waals surface area (Å²) in [6.07, 6.45) is 5.29. The third kappa shape index (κ3) is 7.77. The van der Waals surface area contributed by atoms with E-state index in [9.17, 15) is 0 Å². The van der Waals surface area contributed by atoms with Gasteiger partial charge in [-0.1, -0.05) is 32.9 Å². The summed E-state index contributed by atoms with van der Waals surface area (Å²) in [5.74, 6) is 1.83. The molecule has 150 valence electrons. The van der Waals surface area contributed by atoms with Crippen LogP contribution in [0.3, 0.4) is 0 Å². The maximum Gasteiger partial charge on any atom is 0.191 e. The van der Waals surface area contributed by atoms with Crippen molar-refractivity contribution in [3.8, 4) is 0 Å². The van der Waals surface area contributed by atoms with E-state index in [1.807, 2.05) is 0 Å². The van der Waals surface area contributed by atoms with E-state index in [2.05, 4.69) is 55.3 Å². The molecule has 0 saturated heterocycles. The predicted octanol–water partition coefficient (Wildman–Crippen LogP) is 3.37. The number of aryl methyl sites for hydroxylation is 2. The lowest BCUT2D eigenvalue weighted by Gasteiger charge is -2.21. The molecule has 6 heteroatoms. The second kappa shape index (κ2) is 13.6. The van der Waals surface area contributed by atoms with Crippen LogP contribution in [0.4, 0.5) is 0 Å². The minimum atomic E-state index is 0.614. The van der Waals surface area contributed by atoms with Crippen molar-refractivity contribution in [1.29, 1.82) is 0 Å². The van der Waals surface area contributed by atoms with Gasteiger partial charge < -0.3 is 20.1 Å². The fourth-order valence-corrected chi connectivity index (χ4v) is 3.09. The Morgan fingerprint density at radius 2 is 1.73 bits per heavy atom. The third-order valence-corrected chi connectivity index (χ3v) is 4.37. The van der Waals surface area contributed by atoms with Crippen molar-refractivity contribution in [2.24, 2.45) is 4.99 Å². The first-order chi connectivity index (χ1) is 12.7. The SMILES string of the molecule is CCCN(CCC)CCCNC(=NCc1c(CC)noc1CC)NCC. The average Bonchev–Trinajstić information content (AvgIpc) is 3.05. The Morgan fingerprint density at radius 1 is 1.00 bits per heavy atom. The van der Waals surface area contributed by atoms with E-state index in [0.29, 0.717) is 6.54 Å². The largest absolute Gasteiger partial charge is 0.361 e. The monoisotopic (exact) mass is 365 g/mol. The number of aliphatic imine (C=N–C) groups is 1. The Labute approximate surface area is 159 Å². The van der Waals surface area contributed by atoms with E-state index in [1.165, 1.54) is 25.9 Å². The first-order valence-electron chi connectivity index (χ1n) is 10.4. The molecular weight excluding hydrogens is 326 g/mol. The lowest BCUT2D eigenvalue weighted by atomic mass is 10.1. The van der Waals surface area contributed by atoms with Crippen LogP contribution in [-0.2, 0) is 19.4 Å². The molecule has 1 rings (SSSR count). The van der Waals surface area contributed by atoms with Crippen molar-refractivity contribution < 1.29 is 4.52 Å². The van der Waals surface area contributed by atoms with Crippen molar-refractivity contribution in [3.05, 3.63) is 17.0 Å². The van der Waals surface area contributed by atoms with Crippen molar-refractivity contribution in [3.63, 3.8) is 0 Å². The van der Waals surface area contributed by atoms with Gasteiger partial charge in [-0.2, -0.15) is 0 Å². The van der Waals surface area contributed by atoms with Crippen molar-refractivity contribution in [1.82, 2.24) is 20.7 Å². The van der Waals surface area contributed by atoms with E-state index < -0.39 is 0 Å². The van der Waals surface area contributed by atoms with E-state index in [-0.39, 0.29) is 0 Å². The second-order valence-electron chi connectivity index (χ2n) is 6.56. The van der Waals surface area contributed by atoms with E-state index in [4.69, 9.17) is 9.52 Å². The molecule has 0 saturated carbocycles. The fraction of sp³-hybridized carbons (Fsp3) is 0.800. The van der Waals surface area contributed by atoms with Crippen LogP contribution in [0.25, 0.3) is 0 Å². The normalized spacial score (nSPS) is 12.0. The molecule has 0 aliphatic carbocycles. The van der Waals surface area contributed by atoms with Crippen LogP contribution in [0.15, 0.2) is 9.52 Å². The molecule has 6 nitrogen and oxygen atoms in total. The number of hydrogen-bond donors (Lipinski definition) is 2. The molecule has 0 aromatic carbocycles. The molecule has 0 amide bonds. The molecule has 0 atom stereocenters. The minimum absolute atomic E-state index is 0.614. The summed E-state index contributed by atoms with van der Waals surface area (Å²) in [4.78, 5) is 7.29. The summed E-state index contributed by atoms with van der Waals surface area (Å²) in [5.41, 5.74) is 2.17. The molecule has 0 aliphatic heterocycles. The van der Waals surface area contributed by atoms with E-state index in [1.54, 1.807) is 0 Å². The molecule has 0 spiro atoms. The number of aromatic nitrogens is 1. The Kier molecular flexibility index (Phi) is 11.8. The van der Waals surface area contributed by atoms with Gasteiger partial charge in [0, 0.05) is 25.1 Å². The molecule has 1 aromatic rings. The molecule has 0 bridgehead atoms. The van der Waals surface area contributed by atoms with Crippen LogP contribution >= 0.6 is 0 Å². The zero-order valence-corrected chi connectivity index (χ0v) is 17.5. The summed E-state index contributed by atoms with van der Waals surface area (Å²) >= 11 is 0. The standard InChI is InChI=1S/C20H39N5O/c1-6-13-25(14-7-2)15-11-12-22-20(21-10-5)23-16-17-18(8-3)24-26-19(17)9-4/h6-16H2,1-5H3,(H2,21,22,23). The smallest absolute Gasteiger partial charge is 0.191 e. The van der Waals surface area contributed by atoms with Crippen LogP contribution in [0.1, 0.15) is 70.9 Å². The van der Waals surface area contributed by atoms with Gasteiger partial charge in [-0.25, -0.2) is 4.99 Å². The van der Waals surface area contributed by atoms with Crippen LogP contribution < -0.4 is 10.6 Å². The Bertz CT molecular complexity index is 485. The number of nitrogens with one attached hydrogen (secondary N) is 2. The molecule has 0 unspecified atom stereocenters. The van der Waals surface area contributed by atoms with Crippen molar-refractivity contribution in [2.45, 2.75) is 73.3 Å². The summed E-state index contributed by atoms with van der Waals surface area (Å²) in [6.45, 7) is 16.7. The van der Waals surface area contributed by atoms with Gasteiger partial charge in [-0.05, 0) is 52.2 Å². The second-order valence-corrected chi connectivity index (χ2v) is 6.56. The number of guanidine groups is 1. The fourth-order valence-electron chi connectivity index (χ4n) is 3.09. The number of hydrogen-bond acceptors (Lipinski definition) is 4. The first-order valence-corrected chi connectivity index (χ1v) is 10.4. The van der Waals surface area contributed by atoms with Gasteiger partial charge >= 0.3 is 0 Å². The van der Waals surface area contributed by atoms with Crippen LogP contribution in [-0.4, -0.2) is 48.7 Å². The van der Waals surface area contributed by atoms with Crippen LogP contribution in [0.5, 0.6) is 0 Å². The van der Waals surface area contributed by atoms with Gasteiger partial charge in [0.2, 0.25) is 0 Å². The highest BCUT2D eigenvalue weighted by molar-refractivity contribution is 5.79. The first kappa shape index (κ1) is 22.5. The zero-order chi connectivity index (χ0) is 19.2. The third-order valence-electron chi connectivity index (χ3n) is 4.37. The zero-order valence-electron chi connectivity index (χ0n) is 17.5. The van der Waals surface area contributed by atoms with Crippen LogP contribution in [0, 0.1) is 0 Å². The van der Waals surface area contributed by atoms with Crippen LogP contribution in [0.2, 0.25) is 0 Å². The lowest BCUT2D eigenvalue weighted by molar-refractivity contribution is 0.271. The lowest BCUT2D eigenvalue weighted by Crippen LogP contribution is -2.39. The molecule has 0 aliphatic rings. The predicted molar refractivity (Wildman–Crippen MR) is 110 cm³/mol. The number of nitrogens with zero attached hydrogens (tertiary/aromatic N) is 3. The molecular formula is C20H39N5O. The Hall–Kier alpha value is -1.56. The maximum atomic E-state index is 5.43. The highest BCUT2D eigenvalue weighted by Crippen LogP contribution is 2.16. The van der Waals surface area contributed by atoms with E-state index >= 15 is 0 Å². The molecule has 2 N–H and O–H groups in total. The Morgan fingerprint density at radius 3 is 2.31 bits per heavy atom. The summed E-state index contributed by atoms with van der Waals surface area (Å²) in [7, 11) is 0. The average molecular weight is 366 g/mol. The highest BCUT2D eigenvalue weighted by atomic mass is 16.5. The topological polar surface area (TPSA) is 65.7 Å². The summed E-state index contributed by atoms with van der Waals surface area (Å²) in [6, 6.07) is 0. The summed E-state index contributed by atoms with van der Waals surface area (Å²) < 4.78 is 5.43. The molecule has 0 radical (unpaired) electrons. The molecule has 0 fully saturated rings. The minimum Gasteiger partial charge on any atom is -0.361 e. The Balaban J connectivity index is 2.55. The van der Waals surface area contributed by atoms with Crippen molar-refractivity contribution in [2.75, 3.05) is 32.7 Å². The highest BCUT2D eigenvalue weighted by Gasteiger charge is 2.13. The van der Waals surface area contributed by atoms with Gasteiger partial charge in [-0.15, -0.1) is 0 Å². The van der Waals surface area contributed by atoms with Gasteiger partial charge in [0.15, 0.2) is 5.96 Å². The number of rotatable bonds is 13.